The molecule has 0 bridgehead atoms. The first-order valence-corrected chi connectivity index (χ1v) is 7.96. The van der Waals surface area contributed by atoms with Crippen LogP contribution in [0.2, 0.25) is 0 Å². The van der Waals surface area contributed by atoms with Crippen molar-refractivity contribution >= 4 is 22.4 Å². The first kappa shape index (κ1) is 14.2. The number of nitrogen functional groups attached to an aromatic ring is 1. The zero-order valence-corrected chi connectivity index (χ0v) is 12.5. The van der Waals surface area contributed by atoms with E-state index in [2.05, 4.69) is 34.1 Å². The molecule has 0 aliphatic carbocycles. The lowest BCUT2D eigenvalue weighted by Crippen LogP contribution is -2.39. The summed E-state index contributed by atoms with van der Waals surface area (Å²) in [5.41, 5.74) is 3.59. The third kappa shape index (κ3) is 3.03. The Hall–Kier alpha value is -1.21. The quantitative estimate of drug-likeness (QED) is 0.629. The Labute approximate surface area is 116 Å². The fourth-order valence-electron chi connectivity index (χ4n) is 2.08. The maximum Gasteiger partial charge on any atom is 0.148 e. The van der Waals surface area contributed by atoms with Gasteiger partial charge in [-0.25, -0.2) is 15.8 Å². The fraction of sp³-hybridized carbons (Fsp3) is 0.667. The zero-order chi connectivity index (χ0) is 14.0. The van der Waals surface area contributed by atoms with Gasteiger partial charge in [-0.15, -0.1) is 0 Å². The summed E-state index contributed by atoms with van der Waals surface area (Å²) < 4.78 is 11.4. The third-order valence-corrected chi connectivity index (χ3v) is 4.54. The SMILES string of the molecule is Cc1c(NN)nc(C(C)C)nc1N1CCS(=O)CC1. The molecule has 3 N–H and O–H groups in total. The minimum absolute atomic E-state index is 0.241. The largest absolute Gasteiger partial charge is 0.354 e. The van der Waals surface area contributed by atoms with Crippen molar-refractivity contribution in [2.75, 3.05) is 34.9 Å². The molecule has 19 heavy (non-hydrogen) atoms. The van der Waals surface area contributed by atoms with Gasteiger partial charge in [-0.05, 0) is 6.92 Å². The highest BCUT2D eigenvalue weighted by Crippen LogP contribution is 2.26. The molecule has 1 aromatic heterocycles. The van der Waals surface area contributed by atoms with Gasteiger partial charge in [-0.3, -0.25) is 4.21 Å². The van der Waals surface area contributed by atoms with Crippen molar-refractivity contribution in [3.63, 3.8) is 0 Å². The number of hydrazine groups is 1. The predicted molar refractivity (Wildman–Crippen MR) is 78.8 cm³/mol. The van der Waals surface area contributed by atoms with Crippen molar-refractivity contribution < 1.29 is 4.21 Å². The van der Waals surface area contributed by atoms with Crippen LogP contribution in [0.5, 0.6) is 0 Å². The van der Waals surface area contributed by atoms with Gasteiger partial charge in [0.2, 0.25) is 0 Å². The number of hydrogen-bond donors (Lipinski definition) is 2. The molecule has 0 radical (unpaired) electrons. The number of nitrogens with two attached hydrogens (primary N) is 1. The molecule has 7 heteroatoms. The number of aromatic nitrogens is 2. The Bertz CT molecular complexity index is 481. The molecule has 1 aliphatic heterocycles. The Morgan fingerprint density at radius 1 is 1.32 bits per heavy atom. The number of nitrogens with zero attached hydrogens (tertiary/aromatic N) is 3. The molecule has 0 unspecified atom stereocenters. The van der Waals surface area contributed by atoms with E-state index in [-0.39, 0.29) is 5.92 Å². The molecule has 0 aromatic carbocycles. The van der Waals surface area contributed by atoms with Crippen LogP contribution in [0.3, 0.4) is 0 Å². The molecule has 0 spiro atoms. The van der Waals surface area contributed by atoms with Gasteiger partial charge in [0.1, 0.15) is 17.5 Å². The van der Waals surface area contributed by atoms with Crippen LogP contribution in [-0.2, 0) is 10.8 Å². The highest BCUT2D eigenvalue weighted by molar-refractivity contribution is 7.85. The zero-order valence-electron chi connectivity index (χ0n) is 11.6. The lowest BCUT2D eigenvalue weighted by molar-refractivity contribution is 0.671. The average Bonchev–Trinajstić information content (AvgIpc) is 2.40. The molecule has 1 aliphatic rings. The van der Waals surface area contributed by atoms with E-state index in [4.69, 9.17) is 5.84 Å². The summed E-state index contributed by atoms with van der Waals surface area (Å²) >= 11 is 0. The standard InChI is InChI=1S/C12H21N5OS/c1-8(2)10-14-11(16-13)9(3)12(15-10)17-4-6-19(18)7-5-17/h8H,4-7,13H2,1-3H3,(H,14,15,16). The van der Waals surface area contributed by atoms with Crippen LogP contribution in [0, 0.1) is 6.92 Å². The summed E-state index contributed by atoms with van der Waals surface area (Å²) in [7, 11) is -0.688. The number of hydrogen-bond acceptors (Lipinski definition) is 6. The van der Waals surface area contributed by atoms with Gasteiger partial charge in [0, 0.05) is 46.9 Å². The Balaban J connectivity index is 2.37. The van der Waals surface area contributed by atoms with Crippen molar-refractivity contribution in [1.82, 2.24) is 9.97 Å². The van der Waals surface area contributed by atoms with E-state index in [1.807, 2.05) is 6.92 Å². The van der Waals surface area contributed by atoms with E-state index in [1.165, 1.54) is 0 Å². The van der Waals surface area contributed by atoms with E-state index >= 15 is 0 Å². The summed E-state index contributed by atoms with van der Waals surface area (Å²) in [4.78, 5) is 11.2. The van der Waals surface area contributed by atoms with E-state index < -0.39 is 10.8 Å². The first-order valence-electron chi connectivity index (χ1n) is 6.48. The van der Waals surface area contributed by atoms with Gasteiger partial charge in [0.25, 0.3) is 0 Å². The van der Waals surface area contributed by atoms with Gasteiger partial charge in [-0.1, -0.05) is 13.8 Å². The molecule has 6 nitrogen and oxygen atoms in total. The van der Waals surface area contributed by atoms with E-state index in [1.54, 1.807) is 0 Å². The van der Waals surface area contributed by atoms with Crippen LogP contribution in [0.15, 0.2) is 0 Å². The van der Waals surface area contributed by atoms with Crippen molar-refractivity contribution in [2.45, 2.75) is 26.7 Å². The summed E-state index contributed by atoms with van der Waals surface area (Å²) in [5, 5.41) is 0. The van der Waals surface area contributed by atoms with Crippen molar-refractivity contribution in [1.29, 1.82) is 0 Å². The molecule has 1 saturated heterocycles. The van der Waals surface area contributed by atoms with Crippen LogP contribution in [-0.4, -0.2) is 38.8 Å². The van der Waals surface area contributed by atoms with Crippen molar-refractivity contribution in [2.24, 2.45) is 5.84 Å². The highest BCUT2D eigenvalue weighted by Gasteiger charge is 2.21. The normalized spacial score (nSPS) is 17.0. The van der Waals surface area contributed by atoms with Gasteiger partial charge < -0.3 is 10.3 Å². The maximum atomic E-state index is 11.4. The Morgan fingerprint density at radius 2 is 1.95 bits per heavy atom. The van der Waals surface area contributed by atoms with Crippen LogP contribution in [0.1, 0.15) is 31.2 Å². The van der Waals surface area contributed by atoms with E-state index in [9.17, 15) is 4.21 Å². The average molecular weight is 283 g/mol. The summed E-state index contributed by atoms with van der Waals surface area (Å²) in [6.07, 6.45) is 0. The molecule has 2 heterocycles. The first-order chi connectivity index (χ1) is 9.02. The lowest BCUT2D eigenvalue weighted by atomic mass is 10.2. The third-order valence-electron chi connectivity index (χ3n) is 3.27. The molecule has 0 amide bonds. The van der Waals surface area contributed by atoms with Gasteiger partial charge in [0.15, 0.2) is 0 Å². The summed E-state index contributed by atoms with van der Waals surface area (Å²) in [6, 6.07) is 0. The van der Waals surface area contributed by atoms with Gasteiger partial charge in [-0.2, -0.15) is 0 Å². The smallest absolute Gasteiger partial charge is 0.148 e. The minimum atomic E-state index is -0.688. The number of rotatable bonds is 3. The second-order valence-electron chi connectivity index (χ2n) is 5.01. The monoisotopic (exact) mass is 283 g/mol. The van der Waals surface area contributed by atoms with Crippen molar-refractivity contribution in [3.8, 4) is 0 Å². The summed E-state index contributed by atoms with van der Waals surface area (Å²) in [6.45, 7) is 7.61. The number of nitrogens with one attached hydrogen (secondary N) is 1. The summed E-state index contributed by atoms with van der Waals surface area (Å²) in [5.74, 6) is 9.53. The lowest BCUT2D eigenvalue weighted by Gasteiger charge is -2.29. The topological polar surface area (TPSA) is 84.1 Å². The molecule has 106 valence electrons. The van der Waals surface area contributed by atoms with Crippen LogP contribution < -0.4 is 16.2 Å². The molecular weight excluding hydrogens is 262 g/mol. The van der Waals surface area contributed by atoms with Gasteiger partial charge in [0.05, 0.1) is 0 Å². The Morgan fingerprint density at radius 3 is 2.47 bits per heavy atom. The number of anilines is 2. The maximum absolute atomic E-state index is 11.4. The molecule has 1 fully saturated rings. The van der Waals surface area contributed by atoms with Gasteiger partial charge >= 0.3 is 0 Å². The van der Waals surface area contributed by atoms with Crippen LogP contribution in [0.4, 0.5) is 11.6 Å². The second kappa shape index (κ2) is 5.83. The van der Waals surface area contributed by atoms with E-state index in [0.29, 0.717) is 17.3 Å². The van der Waals surface area contributed by atoms with Crippen LogP contribution >= 0.6 is 0 Å². The Kier molecular flexibility index (Phi) is 4.36. The van der Waals surface area contributed by atoms with Crippen molar-refractivity contribution in [3.05, 3.63) is 11.4 Å². The molecule has 0 saturated carbocycles. The highest BCUT2D eigenvalue weighted by atomic mass is 32.2. The molecular formula is C12H21N5OS. The molecule has 1 aromatic rings. The molecule has 0 atom stereocenters. The minimum Gasteiger partial charge on any atom is -0.354 e. The fourth-order valence-corrected chi connectivity index (χ4v) is 3.13. The second-order valence-corrected chi connectivity index (χ2v) is 6.71. The predicted octanol–water partition coefficient (Wildman–Crippen LogP) is 0.763. The van der Waals surface area contributed by atoms with Crippen LogP contribution in [0.25, 0.3) is 0 Å². The van der Waals surface area contributed by atoms with E-state index in [0.717, 1.165) is 30.3 Å². The molecule has 2 rings (SSSR count).